The predicted octanol–water partition coefficient (Wildman–Crippen LogP) is 3.30. The number of nitrogens with zero attached hydrogens (tertiary/aromatic N) is 1. The van der Waals surface area contributed by atoms with E-state index in [9.17, 15) is 13.2 Å². The number of hydrogen-bond donors (Lipinski definition) is 1. The Morgan fingerprint density at radius 3 is 2.35 bits per heavy atom. The van der Waals surface area contributed by atoms with Crippen molar-refractivity contribution in [3.63, 3.8) is 0 Å². The van der Waals surface area contributed by atoms with Crippen LogP contribution in [-0.2, 0) is 14.6 Å². The Bertz CT molecular complexity index is 997. The monoisotopic (exact) mass is 388 g/mol. The van der Waals surface area contributed by atoms with Crippen LogP contribution in [0.3, 0.4) is 0 Å². The van der Waals surface area contributed by atoms with Gasteiger partial charge in [0.1, 0.15) is 5.75 Å². The van der Waals surface area contributed by atoms with Crippen LogP contribution >= 0.6 is 11.3 Å². The Labute approximate surface area is 155 Å². The molecule has 3 rings (SSSR count). The summed E-state index contributed by atoms with van der Waals surface area (Å²) in [5, 5.41) is 4.99. The van der Waals surface area contributed by atoms with E-state index in [1.54, 1.807) is 30.3 Å². The maximum Gasteiger partial charge on any atom is 0.264 e. The molecule has 26 heavy (non-hydrogen) atoms. The van der Waals surface area contributed by atoms with E-state index in [0.29, 0.717) is 10.9 Å². The SMILES string of the molecule is Cc1csc(NC(=O)COc2ccc(S(=O)(=O)c3ccccc3)cc2)n1. The average Bonchev–Trinajstić information content (AvgIpc) is 3.06. The van der Waals surface area contributed by atoms with Gasteiger partial charge < -0.3 is 4.74 Å². The first-order valence-corrected chi connectivity index (χ1v) is 10.1. The molecule has 0 atom stereocenters. The zero-order valence-electron chi connectivity index (χ0n) is 13.9. The largest absolute Gasteiger partial charge is 0.484 e. The van der Waals surface area contributed by atoms with Gasteiger partial charge in [0.2, 0.25) is 9.84 Å². The van der Waals surface area contributed by atoms with Gasteiger partial charge in [0.25, 0.3) is 5.91 Å². The molecule has 0 saturated heterocycles. The van der Waals surface area contributed by atoms with Crippen molar-refractivity contribution in [2.24, 2.45) is 0 Å². The zero-order chi connectivity index (χ0) is 18.6. The average molecular weight is 388 g/mol. The smallest absolute Gasteiger partial charge is 0.264 e. The van der Waals surface area contributed by atoms with Gasteiger partial charge in [-0.15, -0.1) is 11.3 Å². The Morgan fingerprint density at radius 1 is 1.08 bits per heavy atom. The molecule has 0 aliphatic heterocycles. The summed E-state index contributed by atoms with van der Waals surface area (Å²) in [5.74, 6) is 0.0721. The lowest BCUT2D eigenvalue weighted by Crippen LogP contribution is -2.20. The van der Waals surface area contributed by atoms with E-state index in [-0.39, 0.29) is 22.3 Å². The van der Waals surface area contributed by atoms with Gasteiger partial charge in [0.15, 0.2) is 11.7 Å². The summed E-state index contributed by atoms with van der Waals surface area (Å²) in [5.41, 5.74) is 0.835. The van der Waals surface area contributed by atoms with Crippen LogP contribution in [0.25, 0.3) is 0 Å². The minimum absolute atomic E-state index is 0.166. The number of amides is 1. The molecule has 0 radical (unpaired) electrons. The highest BCUT2D eigenvalue weighted by Crippen LogP contribution is 2.23. The number of carbonyl (C=O) groups excluding carboxylic acids is 1. The molecular weight excluding hydrogens is 372 g/mol. The van der Waals surface area contributed by atoms with Gasteiger partial charge in [-0.3, -0.25) is 10.1 Å². The number of nitrogens with one attached hydrogen (secondary N) is 1. The third-order valence-electron chi connectivity index (χ3n) is 3.42. The number of anilines is 1. The molecular formula is C18H16N2O4S2. The van der Waals surface area contributed by atoms with E-state index in [1.807, 2.05) is 12.3 Å². The molecule has 0 aliphatic rings. The van der Waals surface area contributed by atoms with Crippen molar-refractivity contribution in [2.75, 3.05) is 11.9 Å². The molecule has 1 amide bonds. The fourth-order valence-corrected chi connectivity index (χ4v) is 4.15. The molecule has 8 heteroatoms. The fourth-order valence-electron chi connectivity index (χ4n) is 2.17. The first-order valence-electron chi connectivity index (χ1n) is 7.70. The van der Waals surface area contributed by atoms with Crippen molar-refractivity contribution in [1.82, 2.24) is 4.98 Å². The Balaban J connectivity index is 1.62. The lowest BCUT2D eigenvalue weighted by atomic mass is 10.3. The highest BCUT2D eigenvalue weighted by atomic mass is 32.2. The summed E-state index contributed by atoms with van der Waals surface area (Å²) in [6.07, 6.45) is 0. The number of benzene rings is 2. The van der Waals surface area contributed by atoms with Gasteiger partial charge >= 0.3 is 0 Å². The van der Waals surface area contributed by atoms with Crippen LogP contribution < -0.4 is 10.1 Å². The van der Waals surface area contributed by atoms with Crippen molar-refractivity contribution in [1.29, 1.82) is 0 Å². The molecule has 3 aromatic rings. The number of aryl methyl sites for hydroxylation is 1. The topological polar surface area (TPSA) is 85.4 Å². The highest BCUT2D eigenvalue weighted by Gasteiger charge is 2.17. The molecule has 2 aromatic carbocycles. The maximum absolute atomic E-state index is 12.5. The number of aromatic nitrogens is 1. The van der Waals surface area contributed by atoms with Gasteiger partial charge in [-0.05, 0) is 43.3 Å². The third kappa shape index (κ3) is 4.27. The van der Waals surface area contributed by atoms with E-state index >= 15 is 0 Å². The van der Waals surface area contributed by atoms with Crippen LogP contribution in [0.1, 0.15) is 5.69 Å². The van der Waals surface area contributed by atoms with Crippen molar-refractivity contribution in [3.8, 4) is 5.75 Å². The van der Waals surface area contributed by atoms with Crippen LogP contribution in [0, 0.1) is 6.92 Å². The molecule has 0 spiro atoms. The molecule has 0 saturated carbocycles. The molecule has 1 aromatic heterocycles. The zero-order valence-corrected chi connectivity index (χ0v) is 15.5. The Kier molecular flexibility index (Phi) is 5.34. The first-order chi connectivity index (χ1) is 12.4. The molecule has 134 valence electrons. The van der Waals surface area contributed by atoms with E-state index < -0.39 is 9.84 Å². The van der Waals surface area contributed by atoms with Gasteiger partial charge in [-0.1, -0.05) is 18.2 Å². The van der Waals surface area contributed by atoms with E-state index in [1.165, 1.54) is 35.6 Å². The number of carbonyl (C=O) groups is 1. The van der Waals surface area contributed by atoms with E-state index in [4.69, 9.17) is 4.74 Å². The Hall–Kier alpha value is -2.71. The lowest BCUT2D eigenvalue weighted by Gasteiger charge is -2.08. The van der Waals surface area contributed by atoms with Gasteiger partial charge in [0.05, 0.1) is 15.5 Å². The van der Waals surface area contributed by atoms with E-state index in [2.05, 4.69) is 10.3 Å². The minimum Gasteiger partial charge on any atom is -0.484 e. The fraction of sp³-hybridized carbons (Fsp3) is 0.111. The number of thiazole rings is 1. The number of sulfone groups is 1. The quantitative estimate of drug-likeness (QED) is 0.700. The molecule has 6 nitrogen and oxygen atoms in total. The van der Waals surface area contributed by atoms with Crippen LogP contribution in [0.2, 0.25) is 0 Å². The van der Waals surface area contributed by atoms with Crippen LogP contribution in [0.15, 0.2) is 69.8 Å². The summed E-state index contributed by atoms with van der Waals surface area (Å²) < 4.78 is 30.4. The second-order valence-corrected chi connectivity index (χ2v) is 8.23. The van der Waals surface area contributed by atoms with Gasteiger partial charge in [0, 0.05) is 5.38 Å². The molecule has 0 fully saturated rings. The first kappa shape index (κ1) is 18.1. The molecule has 0 aliphatic carbocycles. The molecule has 1 heterocycles. The summed E-state index contributed by atoms with van der Waals surface area (Å²) in [6.45, 7) is 1.65. The highest BCUT2D eigenvalue weighted by molar-refractivity contribution is 7.91. The van der Waals surface area contributed by atoms with Crippen LogP contribution in [0.4, 0.5) is 5.13 Å². The predicted molar refractivity (Wildman–Crippen MR) is 99.3 cm³/mol. The van der Waals surface area contributed by atoms with Crippen molar-refractivity contribution >= 4 is 32.2 Å². The minimum atomic E-state index is -3.57. The number of rotatable bonds is 6. The summed E-state index contributed by atoms with van der Waals surface area (Å²) in [6, 6.07) is 14.2. The van der Waals surface area contributed by atoms with Crippen molar-refractivity contribution in [3.05, 3.63) is 65.7 Å². The molecule has 0 bridgehead atoms. The van der Waals surface area contributed by atoms with Gasteiger partial charge in [-0.25, -0.2) is 13.4 Å². The van der Waals surface area contributed by atoms with Gasteiger partial charge in [-0.2, -0.15) is 0 Å². The third-order valence-corrected chi connectivity index (χ3v) is 6.08. The number of hydrogen-bond acceptors (Lipinski definition) is 6. The normalized spacial score (nSPS) is 11.1. The summed E-state index contributed by atoms with van der Waals surface area (Å²) in [7, 11) is -3.57. The van der Waals surface area contributed by atoms with E-state index in [0.717, 1.165) is 5.69 Å². The van der Waals surface area contributed by atoms with Crippen LogP contribution in [-0.4, -0.2) is 25.9 Å². The lowest BCUT2D eigenvalue weighted by molar-refractivity contribution is -0.118. The second kappa shape index (κ2) is 7.67. The number of ether oxygens (including phenoxy) is 1. The molecule has 1 N–H and O–H groups in total. The second-order valence-electron chi connectivity index (χ2n) is 5.42. The van der Waals surface area contributed by atoms with Crippen molar-refractivity contribution in [2.45, 2.75) is 16.7 Å². The van der Waals surface area contributed by atoms with Crippen LogP contribution in [0.5, 0.6) is 5.75 Å². The summed E-state index contributed by atoms with van der Waals surface area (Å²) in [4.78, 5) is 16.4. The van der Waals surface area contributed by atoms with Crippen molar-refractivity contribution < 1.29 is 17.9 Å². The Morgan fingerprint density at radius 2 is 1.73 bits per heavy atom. The summed E-state index contributed by atoms with van der Waals surface area (Å²) >= 11 is 1.34. The standard InChI is InChI=1S/C18H16N2O4S2/c1-13-12-25-18(19-13)20-17(21)11-24-14-7-9-16(10-8-14)26(22,23)15-5-3-2-4-6-15/h2-10,12H,11H2,1H3,(H,19,20,21). The maximum atomic E-state index is 12.5. The molecule has 0 unspecified atom stereocenters.